The molecule has 0 atom stereocenters. The number of hydrogen-bond acceptors (Lipinski definition) is 5. The molecule has 2 aromatic heterocycles. The quantitative estimate of drug-likeness (QED) is 0.613. The molecule has 2 heterocycles. The lowest BCUT2D eigenvalue weighted by Gasteiger charge is -2.16. The van der Waals surface area contributed by atoms with Crippen LogP contribution in [-0.2, 0) is 13.1 Å². The highest BCUT2D eigenvalue weighted by atomic mass is 15.2. The smallest absolute Gasteiger partial charge is 0.0564 e. The number of nitrogens with one attached hydrogen (secondary N) is 1. The van der Waals surface area contributed by atoms with Gasteiger partial charge >= 0.3 is 0 Å². The maximum atomic E-state index is 5.37. The lowest BCUT2D eigenvalue weighted by atomic mass is 10.2. The van der Waals surface area contributed by atoms with E-state index in [9.17, 15) is 0 Å². The highest BCUT2D eigenvalue weighted by Gasteiger charge is 2.03. The van der Waals surface area contributed by atoms with Crippen molar-refractivity contribution in [2.75, 3.05) is 12.5 Å². The van der Waals surface area contributed by atoms with Gasteiger partial charge in [-0.2, -0.15) is 0 Å². The van der Waals surface area contributed by atoms with E-state index in [4.69, 9.17) is 5.84 Å². The lowest BCUT2D eigenvalue weighted by Crippen LogP contribution is -2.18. The summed E-state index contributed by atoms with van der Waals surface area (Å²) in [4.78, 5) is 10.6. The Balaban J connectivity index is 1.96. The van der Waals surface area contributed by atoms with Crippen molar-refractivity contribution in [1.82, 2.24) is 14.9 Å². The van der Waals surface area contributed by atoms with E-state index in [-0.39, 0.29) is 0 Å². The zero-order chi connectivity index (χ0) is 12.8. The number of nitrogen functional groups attached to an aromatic ring is 1. The van der Waals surface area contributed by atoms with Crippen LogP contribution < -0.4 is 11.3 Å². The van der Waals surface area contributed by atoms with Crippen LogP contribution in [0.15, 0.2) is 42.9 Å². The van der Waals surface area contributed by atoms with Gasteiger partial charge in [0.2, 0.25) is 0 Å². The Morgan fingerprint density at radius 1 is 1.28 bits per heavy atom. The van der Waals surface area contributed by atoms with Gasteiger partial charge in [-0.1, -0.05) is 6.07 Å². The standard InChI is InChI=1S/C13H17N5/c1-18(9-11-3-2-5-15-8-11)10-13-7-12(17-14)4-6-16-13/h2-8H,9-10,14H2,1H3,(H,16,17). The number of rotatable bonds is 5. The fourth-order valence-electron chi connectivity index (χ4n) is 1.79. The molecule has 0 bridgehead atoms. The Labute approximate surface area is 107 Å². The van der Waals surface area contributed by atoms with Crippen molar-refractivity contribution in [3.63, 3.8) is 0 Å². The van der Waals surface area contributed by atoms with Crippen molar-refractivity contribution in [3.05, 3.63) is 54.1 Å². The van der Waals surface area contributed by atoms with Gasteiger partial charge < -0.3 is 5.43 Å². The van der Waals surface area contributed by atoms with Gasteiger partial charge in [0.05, 0.1) is 11.4 Å². The predicted octanol–water partition coefficient (Wildman–Crippen LogP) is 1.39. The van der Waals surface area contributed by atoms with E-state index in [1.807, 2.05) is 24.4 Å². The molecule has 0 unspecified atom stereocenters. The molecule has 0 fully saturated rings. The third-order valence-electron chi connectivity index (χ3n) is 2.59. The molecule has 2 rings (SSSR count). The first-order chi connectivity index (χ1) is 8.78. The van der Waals surface area contributed by atoms with E-state index in [2.05, 4.69) is 33.4 Å². The van der Waals surface area contributed by atoms with Crippen molar-refractivity contribution in [2.24, 2.45) is 5.84 Å². The van der Waals surface area contributed by atoms with Crippen molar-refractivity contribution >= 4 is 5.69 Å². The van der Waals surface area contributed by atoms with Crippen LogP contribution in [0.3, 0.4) is 0 Å². The van der Waals surface area contributed by atoms with Crippen LogP contribution in [0.2, 0.25) is 0 Å². The van der Waals surface area contributed by atoms with Crippen molar-refractivity contribution in [1.29, 1.82) is 0 Å². The normalized spacial score (nSPS) is 10.6. The Morgan fingerprint density at radius 2 is 2.17 bits per heavy atom. The van der Waals surface area contributed by atoms with Gasteiger partial charge in [-0.05, 0) is 30.8 Å². The first-order valence-electron chi connectivity index (χ1n) is 5.77. The topological polar surface area (TPSA) is 67.1 Å². The highest BCUT2D eigenvalue weighted by Crippen LogP contribution is 2.09. The fourth-order valence-corrected chi connectivity index (χ4v) is 1.79. The van der Waals surface area contributed by atoms with Crippen LogP contribution in [-0.4, -0.2) is 21.9 Å². The van der Waals surface area contributed by atoms with Crippen molar-refractivity contribution in [3.8, 4) is 0 Å². The van der Waals surface area contributed by atoms with Gasteiger partial charge in [0.25, 0.3) is 0 Å². The summed E-state index contributed by atoms with van der Waals surface area (Å²) in [5.41, 5.74) is 5.66. The number of hydrazine groups is 1. The van der Waals surface area contributed by atoms with E-state index in [1.165, 1.54) is 5.56 Å². The molecule has 0 aliphatic carbocycles. The van der Waals surface area contributed by atoms with Crippen molar-refractivity contribution < 1.29 is 0 Å². The summed E-state index contributed by atoms with van der Waals surface area (Å²) in [6, 6.07) is 7.79. The van der Waals surface area contributed by atoms with Gasteiger partial charge in [-0.3, -0.25) is 20.7 Å². The average Bonchev–Trinajstić information content (AvgIpc) is 2.40. The molecule has 0 aliphatic heterocycles. The first kappa shape index (κ1) is 12.5. The second-order valence-electron chi connectivity index (χ2n) is 4.21. The van der Waals surface area contributed by atoms with E-state index in [0.29, 0.717) is 0 Å². The summed E-state index contributed by atoms with van der Waals surface area (Å²) < 4.78 is 0. The molecule has 0 spiro atoms. The van der Waals surface area contributed by atoms with E-state index in [0.717, 1.165) is 24.5 Å². The van der Waals surface area contributed by atoms with E-state index < -0.39 is 0 Å². The van der Waals surface area contributed by atoms with Gasteiger partial charge in [0, 0.05) is 31.7 Å². The van der Waals surface area contributed by atoms with Crippen LogP contribution >= 0.6 is 0 Å². The zero-order valence-electron chi connectivity index (χ0n) is 10.4. The molecule has 94 valence electrons. The third-order valence-corrected chi connectivity index (χ3v) is 2.59. The molecule has 0 saturated heterocycles. The third kappa shape index (κ3) is 3.51. The SMILES string of the molecule is CN(Cc1cccnc1)Cc1cc(NN)ccn1. The number of pyridine rings is 2. The largest absolute Gasteiger partial charge is 0.324 e. The average molecular weight is 243 g/mol. The summed E-state index contributed by atoms with van der Waals surface area (Å²) in [5, 5.41) is 0. The maximum Gasteiger partial charge on any atom is 0.0564 e. The maximum absolute atomic E-state index is 5.37. The molecule has 0 aromatic carbocycles. The second-order valence-corrected chi connectivity index (χ2v) is 4.21. The zero-order valence-corrected chi connectivity index (χ0v) is 10.4. The van der Waals surface area contributed by atoms with Gasteiger partial charge in [0.1, 0.15) is 0 Å². The van der Waals surface area contributed by atoms with Crippen LogP contribution in [0.1, 0.15) is 11.3 Å². The summed E-state index contributed by atoms with van der Waals surface area (Å²) >= 11 is 0. The number of hydrogen-bond donors (Lipinski definition) is 2. The summed E-state index contributed by atoms with van der Waals surface area (Å²) in [7, 11) is 2.05. The highest BCUT2D eigenvalue weighted by molar-refractivity contribution is 5.41. The molecule has 0 amide bonds. The van der Waals surface area contributed by atoms with Crippen LogP contribution in [0.5, 0.6) is 0 Å². The lowest BCUT2D eigenvalue weighted by molar-refractivity contribution is 0.315. The summed E-state index contributed by atoms with van der Waals surface area (Å²) in [6.45, 7) is 1.61. The minimum atomic E-state index is 0.768. The monoisotopic (exact) mass is 243 g/mol. The fraction of sp³-hybridized carbons (Fsp3) is 0.231. The van der Waals surface area contributed by atoms with E-state index in [1.54, 1.807) is 12.4 Å². The molecule has 3 N–H and O–H groups in total. The molecular weight excluding hydrogens is 226 g/mol. The minimum Gasteiger partial charge on any atom is -0.324 e. The number of nitrogens with zero attached hydrogens (tertiary/aromatic N) is 3. The summed E-state index contributed by atoms with van der Waals surface area (Å²) in [5.74, 6) is 5.37. The Morgan fingerprint density at radius 3 is 2.89 bits per heavy atom. The molecular formula is C13H17N5. The molecule has 5 heteroatoms. The Bertz CT molecular complexity index is 486. The number of aromatic nitrogens is 2. The second kappa shape index (κ2) is 6.09. The molecule has 2 aromatic rings. The van der Waals surface area contributed by atoms with Crippen LogP contribution in [0.25, 0.3) is 0 Å². The van der Waals surface area contributed by atoms with Gasteiger partial charge in [-0.25, -0.2) is 0 Å². The number of nitrogens with two attached hydrogens (primary N) is 1. The molecule has 5 nitrogen and oxygen atoms in total. The van der Waals surface area contributed by atoms with Gasteiger partial charge in [-0.15, -0.1) is 0 Å². The molecule has 0 saturated carbocycles. The van der Waals surface area contributed by atoms with Crippen LogP contribution in [0.4, 0.5) is 5.69 Å². The Hall–Kier alpha value is -1.98. The molecule has 0 radical (unpaired) electrons. The summed E-state index contributed by atoms with van der Waals surface area (Å²) in [6.07, 6.45) is 5.41. The van der Waals surface area contributed by atoms with Crippen LogP contribution in [0, 0.1) is 0 Å². The minimum absolute atomic E-state index is 0.768. The Kier molecular flexibility index (Phi) is 4.22. The predicted molar refractivity (Wildman–Crippen MR) is 71.5 cm³/mol. The first-order valence-corrected chi connectivity index (χ1v) is 5.77. The van der Waals surface area contributed by atoms with E-state index >= 15 is 0 Å². The van der Waals surface area contributed by atoms with Crippen molar-refractivity contribution in [2.45, 2.75) is 13.1 Å². The molecule has 18 heavy (non-hydrogen) atoms. The number of anilines is 1. The molecule has 0 aliphatic rings. The van der Waals surface area contributed by atoms with Gasteiger partial charge in [0.15, 0.2) is 0 Å².